The van der Waals surface area contributed by atoms with E-state index >= 15 is 0 Å². The maximum Gasteiger partial charge on any atom is 0.194 e. The number of rotatable bonds is 3. The van der Waals surface area contributed by atoms with Crippen LogP contribution in [0.15, 0.2) is 54.6 Å². The standard InChI is InChI=1S/C25H22F4.H2/c1-15-2-4-16(5-3-15)17-6-8-18(9-7-17)19-10-11-21(22(26)12-19)20-13-23(27)25(29)24(28)14-20;/h6-16H,2-5H2,1H3;1H. The third-order valence-corrected chi connectivity index (χ3v) is 6.00. The van der Waals surface area contributed by atoms with Crippen LogP contribution < -0.4 is 0 Å². The summed E-state index contributed by atoms with van der Waals surface area (Å²) < 4.78 is 54.8. The van der Waals surface area contributed by atoms with E-state index in [4.69, 9.17) is 0 Å². The summed E-state index contributed by atoms with van der Waals surface area (Å²) in [5, 5.41) is 0. The highest BCUT2D eigenvalue weighted by Crippen LogP contribution is 2.36. The van der Waals surface area contributed by atoms with E-state index < -0.39 is 23.3 Å². The van der Waals surface area contributed by atoms with E-state index in [1.165, 1.54) is 43.4 Å². The molecule has 0 bridgehead atoms. The van der Waals surface area contributed by atoms with Crippen molar-refractivity contribution in [3.63, 3.8) is 0 Å². The van der Waals surface area contributed by atoms with Crippen LogP contribution in [0.4, 0.5) is 17.6 Å². The van der Waals surface area contributed by atoms with Crippen LogP contribution in [0.1, 0.15) is 45.5 Å². The maximum absolute atomic E-state index is 14.7. The third-order valence-electron chi connectivity index (χ3n) is 6.00. The van der Waals surface area contributed by atoms with Gasteiger partial charge in [0.05, 0.1) is 0 Å². The summed E-state index contributed by atoms with van der Waals surface area (Å²) in [4.78, 5) is 0. The van der Waals surface area contributed by atoms with Crippen LogP contribution in [0.2, 0.25) is 0 Å². The summed E-state index contributed by atoms with van der Waals surface area (Å²) >= 11 is 0. The molecule has 0 saturated heterocycles. The second kappa shape index (κ2) is 8.02. The Bertz CT molecular complexity index is 999. The van der Waals surface area contributed by atoms with Gasteiger partial charge in [0.1, 0.15) is 5.82 Å². The topological polar surface area (TPSA) is 0 Å². The zero-order valence-corrected chi connectivity index (χ0v) is 16.2. The molecule has 1 aliphatic rings. The van der Waals surface area contributed by atoms with Crippen LogP contribution in [0.25, 0.3) is 22.3 Å². The number of benzene rings is 3. The number of halogens is 4. The van der Waals surface area contributed by atoms with Gasteiger partial charge in [-0.05, 0) is 65.1 Å². The molecule has 0 radical (unpaired) electrons. The summed E-state index contributed by atoms with van der Waals surface area (Å²) in [6, 6.07) is 14.3. The summed E-state index contributed by atoms with van der Waals surface area (Å²) in [6.07, 6.45) is 4.91. The van der Waals surface area contributed by atoms with Crippen LogP contribution in [0.5, 0.6) is 0 Å². The minimum Gasteiger partial charge on any atom is -0.206 e. The van der Waals surface area contributed by atoms with E-state index in [0.717, 1.165) is 23.6 Å². The Morgan fingerprint density at radius 3 is 1.79 bits per heavy atom. The van der Waals surface area contributed by atoms with Gasteiger partial charge in [-0.1, -0.05) is 56.2 Å². The van der Waals surface area contributed by atoms with Gasteiger partial charge in [0, 0.05) is 6.99 Å². The minimum absolute atomic E-state index is 0. The van der Waals surface area contributed by atoms with E-state index in [-0.39, 0.29) is 12.6 Å². The van der Waals surface area contributed by atoms with Gasteiger partial charge in [-0.15, -0.1) is 0 Å². The zero-order valence-electron chi connectivity index (χ0n) is 16.2. The van der Waals surface area contributed by atoms with Crippen molar-refractivity contribution in [2.45, 2.75) is 38.5 Å². The lowest BCUT2D eigenvalue weighted by atomic mass is 9.79. The van der Waals surface area contributed by atoms with Gasteiger partial charge in [-0.2, -0.15) is 0 Å². The van der Waals surface area contributed by atoms with E-state index in [0.29, 0.717) is 11.5 Å². The molecule has 1 aliphatic carbocycles. The SMILES string of the molecule is CC1CCC(c2ccc(-c3ccc(-c4cc(F)c(F)c(F)c4)c(F)c3)cc2)CC1.[HH]. The molecule has 0 spiro atoms. The van der Waals surface area contributed by atoms with E-state index in [9.17, 15) is 17.6 Å². The van der Waals surface area contributed by atoms with Crippen molar-refractivity contribution in [1.29, 1.82) is 0 Å². The first-order valence-electron chi connectivity index (χ1n) is 9.97. The molecule has 152 valence electrons. The van der Waals surface area contributed by atoms with Crippen molar-refractivity contribution in [1.82, 2.24) is 0 Å². The lowest BCUT2D eigenvalue weighted by Gasteiger charge is -2.26. The molecule has 3 aromatic rings. The highest BCUT2D eigenvalue weighted by molar-refractivity contribution is 5.71. The predicted octanol–water partition coefficient (Wildman–Crippen LogP) is 8.12. The molecule has 0 atom stereocenters. The summed E-state index contributed by atoms with van der Waals surface area (Å²) in [5.41, 5.74) is 2.86. The summed E-state index contributed by atoms with van der Waals surface area (Å²) in [5.74, 6) is -3.46. The van der Waals surface area contributed by atoms with Gasteiger partial charge in [0.15, 0.2) is 17.5 Å². The highest BCUT2D eigenvalue weighted by Gasteiger charge is 2.20. The molecule has 29 heavy (non-hydrogen) atoms. The molecule has 4 rings (SSSR count). The molecule has 0 N–H and O–H groups in total. The average Bonchev–Trinajstić information content (AvgIpc) is 2.72. The fourth-order valence-corrected chi connectivity index (χ4v) is 4.18. The van der Waals surface area contributed by atoms with E-state index in [1.807, 2.05) is 12.1 Å². The first-order chi connectivity index (χ1) is 13.9. The fourth-order valence-electron chi connectivity index (χ4n) is 4.18. The van der Waals surface area contributed by atoms with Crippen LogP contribution in [0, 0.1) is 29.2 Å². The third kappa shape index (κ3) is 4.07. The Kier molecular flexibility index (Phi) is 5.44. The number of hydrogen-bond donors (Lipinski definition) is 0. The first-order valence-corrected chi connectivity index (χ1v) is 9.97. The molecule has 1 saturated carbocycles. The Hall–Kier alpha value is -2.62. The van der Waals surface area contributed by atoms with Gasteiger partial charge >= 0.3 is 0 Å². The summed E-state index contributed by atoms with van der Waals surface area (Å²) in [7, 11) is 0. The van der Waals surface area contributed by atoms with Crippen LogP contribution in [-0.4, -0.2) is 0 Å². The molecule has 0 amide bonds. The summed E-state index contributed by atoms with van der Waals surface area (Å²) in [6.45, 7) is 2.30. The molecule has 3 aromatic carbocycles. The lowest BCUT2D eigenvalue weighted by Crippen LogP contribution is -2.10. The quantitative estimate of drug-likeness (QED) is 0.308. The smallest absolute Gasteiger partial charge is 0.194 e. The average molecular weight is 400 g/mol. The molecular formula is C25H24F4. The monoisotopic (exact) mass is 400 g/mol. The number of hydrogen-bond acceptors (Lipinski definition) is 0. The van der Waals surface area contributed by atoms with Crippen molar-refractivity contribution in [2.75, 3.05) is 0 Å². The van der Waals surface area contributed by atoms with Gasteiger partial charge in [-0.25, -0.2) is 17.6 Å². The van der Waals surface area contributed by atoms with Crippen LogP contribution >= 0.6 is 0 Å². The van der Waals surface area contributed by atoms with E-state index in [2.05, 4.69) is 19.1 Å². The molecule has 1 fully saturated rings. The second-order valence-electron chi connectivity index (χ2n) is 8.03. The molecule has 0 nitrogen and oxygen atoms in total. The van der Waals surface area contributed by atoms with Crippen molar-refractivity contribution < 1.29 is 19.0 Å². The van der Waals surface area contributed by atoms with Gasteiger partial charge in [0.25, 0.3) is 0 Å². The first kappa shape index (κ1) is 19.7. The molecule has 4 heteroatoms. The Morgan fingerprint density at radius 1 is 0.655 bits per heavy atom. The Labute approximate surface area is 169 Å². The molecule has 0 aliphatic heterocycles. The normalized spacial score (nSPS) is 19.3. The fraction of sp³-hybridized carbons (Fsp3) is 0.280. The van der Waals surface area contributed by atoms with E-state index in [1.54, 1.807) is 6.07 Å². The predicted molar refractivity (Wildman–Crippen MR) is 110 cm³/mol. The van der Waals surface area contributed by atoms with Crippen LogP contribution in [0.3, 0.4) is 0 Å². The lowest BCUT2D eigenvalue weighted by molar-refractivity contribution is 0.348. The zero-order chi connectivity index (χ0) is 20.5. The minimum atomic E-state index is -1.56. The molecule has 0 aromatic heterocycles. The van der Waals surface area contributed by atoms with Gasteiger partial charge in [0.2, 0.25) is 0 Å². The molecule has 0 unspecified atom stereocenters. The molecule has 0 heterocycles. The van der Waals surface area contributed by atoms with Gasteiger partial charge in [-0.3, -0.25) is 0 Å². The molecular weight excluding hydrogens is 376 g/mol. The van der Waals surface area contributed by atoms with Crippen molar-refractivity contribution >= 4 is 0 Å². The van der Waals surface area contributed by atoms with Gasteiger partial charge < -0.3 is 0 Å². The highest BCUT2D eigenvalue weighted by atomic mass is 19.2. The van der Waals surface area contributed by atoms with Crippen molar-refractivity contribution in [3.05, 3.63) is 83.4 Å². The van der Waals surface area contributed by atoms with Crippen LogP contribution in [-0.2, 0) is 0 Å². The Morgan fingerprint density at radius 2 is 1.21 bits per heavy atom. The largest absolute Gasteiger partial charge is 0.206 e. The van der Waals surface area contributed by atoms with Crippen molar-refractivity contribution in [3.8, 4) is 22.3 Å². The van der Waals surface area contributed by atoms with Crippen molar-refractivity contribution in [2.24, 2.45) is 5.92 Å². The second-order valence-corrected chi connectivity index (χ2v) is 8.03. The Balaban J connectivity index is 0.00000256. The maximum atomic E-state index is 14.7.